The molecule has 1 amide bonds. The van der Waals surface area contributed by atoms with Crippen LogP contribution in [0.25, 0.3) is 10.9 Å². The van der Waals surface area contributed by atoms with E-state index in [4.69, 9.17) is 9.73 Å². The Kier molecular flexibility index (Phi) is 6.36. The Balaban J connectivity index is 1.38. The fraction of sp³-hybridized carbons (Fsp3) is 0.321. The van der Waals surface area contributed by atoms with Crippen molar-refractivity contribution in [2.75, 3.05) is 39.0 Å². The Hall–Kier alpha value is -4.29. The van der Waals surface area contributed by atoms with Gasteiger partial charge < -0.3 is 15.0 Å². The lowest BCUT2D eigenvalue weighted by Crippen LogP contribution is -2.47. The molecule has 1 atom stereocenters. The van der Waals surface area contributed by atoms with Crippen molar-refractivity contribution in [1.82, 2.24) is 19.8 Å². The van der Waals surface area contributed by atoms with E-state index in [1.54, 1.807) is 4.90 Å². The van der Waals surface area contributed by atoms with Crippen LogP contribution in [0.3, 0.4) is 0 Å². The fourth-order valence-electron chi connectivity index (χ4n) is 4.88. The Labute approximate surface area is 216 Å². The molecular weight excluding hydrogens is 466 g/mol. The highest BCUT2D eigenvalue weighted by Gasteiger charge is 2.46. The number of amidine groups is 1. The molecular formula is C28H29N7O2. The molecule has 5 rings (SSSR count). The minimum Gasteiger partial charge on any atom is -0.440 e. The number of nitrogens with zero attached hydrogens (tertiary/aromatic N) is 6. The van der Waals surface area contributed by atoms with Gasteiger partial charge in [0, 0.05) is 17.5 Å². The van der Waals surface area contributed by atoms with E-state index in [1.165, 1.54) is 0 Å². The smallest absolute Gasteiger partial charge is 0.411 e. The molecule has 0 saturated carbocycles. The molecule has 2 aromatic carbocycles. The maximum Gasteiger partial charge on any atom is 0.411 e. The van der Waals surface area contributed by atoms with Crippen molar-refractivity contribution >= 4 is 28.6 Å². The molecule has 9 heteroatoms. The largest absolute Gasteiger partial charge is 0.440 e. The van der Waals surface area contributed by atoms with Gasteiger partial charge in [0.1, 0.15) is 23.8 Å². The van der Waals surface area contributed by atoms with Gasteiger partial charge in [0.05, 0.1) is 24.1 Å². The van der Waals surface area contributed by atoms with Crippen molar-refractivity contribution < 1.29 is 9.53 Å². The molecule has 3 heterocycles. The van der Waals surface area contributed by atoms with Crippen molar-refractivity contribution in [2.45, 2.75) is 25.5 Å². The topological polar surface area (TPSA) is 107 Å². The summed E-state index contributed by atoms with van der Waals surface area (Å²) >= 11 is 0. The van der Waals surface area contributed by atoms with E-state index in [0.717, 1.165) is 22.1 Å². The lowest BCUT2D eigenvalue weighted by Gasteiger charge is -2.35. The number of ether oxygens (including phenoxy) is 1. The van der Waals surface area contributed by atoms with E-state index in [2.05, 4.69) is 15.3 Å². The summed E-state index contributed by atoms with van der Waals surface area (Å²) in [6.07, 6.45) is -0.758. The van der Waals surface area contributed by atoms with Gasteiger partial charge in [-0.15, -0.1) is 0 Å². The molecule has 0 spiro atoms. The predicted molar refractivity (Wildman–Crippen MR) is 142 cm³/mol. The first-order valence-corrected chi connectivity index (χ1v) is 12.2. The van der Waals surface area contributed by atoms with Gasteiger partial charge in [-0.25, -0.2) is 14.8 Å². The Morgan fingerprint density at radius 1 is 1.16 bits per heavy atom. The summed E-state index contributed by atoms with van der Waals surface area (Å²) in [5.41, 5.74) is 3.08. The third-order valence-corrected chi connectivity index (χ3v) is 6.88. The van der Waals surface area contributed by atoms with Crippen LogP contribution in [0.15, 0.2) is 70.7 Å². The molecule has 0 fully saturated rings. The third kappa shape index (κ3) is 4.63. The standard InChI is InChI=1S/C28H29N7O2/c1-28(2)21-15-30-25(33-26-19-12-8-9-13-22(19)31-24(14-29)32-26)20(21)16-35(28)27(36)37-23(17-34(3)4)18-10-6-5-7-11-18/h5-13,23H,15-17H2,1-4H3,(H,30,31,32,33)/t23-/m1/s1. The molecule has 0 aliphatic carbocycles. The second kappa shape index (κ2) is 9.64. The number of amides is 1. The average Bonchev–Trinajstić information content (AvgIpc) is 3.41. The number of para-hydroxylation sites is 1. The number of aliphatic imine (C=N–C) groups is 1. The zero-order chi connectivity index (χ0) is 26.2. The SMILES string of the molecule is CN(C)C[C@@H](OC(=O)N1CC2=C(CN=C2Nc2nc(C#N)nc3ccccc23)C1(C)C)c1ccccc1. The van der Waals surface area contributed by atoms with Crippen LogP contribution in [-0.4, -0.2) is 71.0 Å². The molecule has 9 nitrogen and oxygen atoms in total. The number of nitriles is 1. The maximum absolute atomic E-state index is 13.5. The van der Waals surface area contributed by atoms with Crippen LogP contribution in [-0.2, 0) is 4.74 Å². The highest BCUT2D eigenvalue weighted by Crippen LogP contribution is 2.39. The van der Waals surface area contributed by atoms with Crippen LogP contribution >= 0.6 is 0 Å². The minimum absolute atomic E-state index is 0.0822. The van der Waals surface area contributed by atoms with Gasteiger partial charge in [-0.3, -0.25) is 9.89 Å². The molecule has 0 saturated heterocycles. The lowest BCUT2D eigenvalue weighted by molar-refractivity contribution is 0.0383. The van der Waals surface area contributed by atoms with E-state index in [-0.39, 0.29) is 11.9 Å². The first-order valence-electron chi connectivity index (χ1n) is 12.2. The predicted octanol–water partition coefficient (Wildman–Crippen LogP) is 4.16. The molecule has 37 heavy (non-hydrogen) atoms. The number of likely N-dealkylation sites (N-methyl/N-ethyl adjacent to an activating group) is 1. The first kappa shape index (κ1) is 24.4. The summed E-state index contributed by atoms with van der Waals surface area (Å²) in [6, 6.07) is 19.3. The Morgan fingerprint density at radius 2 is 1.89 bits per heavy atom. The first-order chi connectivity index (χ1) is 17.8. The number of fused-ring (bicyclic) bond motifs is 1. The summed E-state index contributed by atoms with van der Waals surface area (Å²) in [6.45, 7) is 5.46. The fourth-order valence-corrected chi connectivity index (χ4v) is 4.88. The van der Waals surface area contributed by atoms with E-state index in [9.17, 15) is 10.1 Å². The van der Waals surface area contributed by atoms with Crippen LogP contribution in [0, 0.1) is 11.3 Å². The number of benzene rings is 2. The number of carbonyl (C=O) groups excluding carboxylic acids is 1. The van der Waals surface area contributed by atoms with E-state index in [0.29, 0.717) is 36.8 Å². The van der Waals surface area contributed by atoms with Crippen LogP contribution in [0.4, 0.5) is 10.6 Å². The summed E-state index contributed by atoms with van der Waals surface area (Å²) in [5, 5.41) is 13.5. The number of nitrogens with one attached hydrogen (secondary N) is 1. The summed E-state index contributed by atoms with van der Waals surface area (Å²) < 4.78 is 6.08. The quantitative estimate of drug-likeness (QED) is 0.566. The highest BCUT2D eigenvalue weighted by atomic mass is 16.6. The second-order valence-corrected chi connectivity index (χ2v) is 9.96. The van der Waals surface area contributed by atoms with Crippen molar-refractivity contribution in [1.29, 1.82) is 5.26 Å². The van der Waals surface area contributed by atoms with Crippen molar-refractivity contribution in [3.8, 4) is 6.07 Å². The van der Waals surface area contributed by atoms with Crippen molar-refractivity contribution in [3.05, 3.63) is 77.1 Å². The summed E-state index contributed by atoms with van der Waals surface area (Å²) in [5.74, 6) is 1.25. The highest BCUT2D eigenvalue weighted by molar-refractivity contribution is 6.13. The van der Waals surface area contributed by atoms with Gasteiger partial charge in [0.25, 0.3) is 0 Å². The molecule has 3 aromatic rings. The number of hydrogen-bond donors (Lipinski definition) is 1. The van der Waals surface area contributed by atoms with Gasteiger partial charge in [-0.05, 0) is 51.2 Å². The molecule has 2 aliphatic rings. The Morgan fingerprint density at radius 3 is 2.62 bits per heavy atom. The van der Waals surface area contributed by atoms with Gasteiger partial charge >= 0.3 is 6.09 Å². The van der Waals surface area contributed by atoms with Gasteiger partial charge in [-0.2, -0.15) is 5.26 Å². The number of aromatic nitrogens is 2. The van der Waals surface area contributed by atoms with Gasteiger partial charge in [-0.1, -0.05) is 42.5 Å². The molecule has 188 valence electrons. The zero-order valence-corrected chi connectivity index (χ0v) is 21.4. The van der Waals surface area contributed by atoms with E-state index in [1.807, 2.05) is 93.5 Å². The van der Waals surface area contributed by atoms with Gasteiger partial charge in [0.2, 0.25) is 5.82 Å². The minimum atomic E-state index is -0.565. The van der Waals surface area contributed by atoms with Crippen LogP contribution in [0.5, 0.6) is 0 Å². The molecule has 0 unspecified atom stereocenters. The lowest BCUT2D eigenvalue weighted by atomic mass is 9.94. The number of carbonyl (C=O) groups is 1. The number of anilines is 1. The molecule has 1 aromatic heterocycles. The summed E-state index contributed by atoms with van der Waals surface area (Å²) in [4.78, 5) is 30.7. The maximum atomic E-state index is 13.5. The number of hydrogen-bond acceptors (Lipinski definition) is 8. The van der Waals surface area contributed by atoms with Crippen LogP contribution < -0.4 is 5.32 Å². The monoisotopic (exact) mass is 495 g/mol. The molecule has 0 radical (unpaired) electrons. The zero-order valence-electron chi connectivity index (χ0n) is 21.4. The Bertz CT molecular complexity index is 1450. The van der Waals surface area contributed by atoms with E-state index < -0.39 is 11.6 Å². The van der Waals surface area contributed by atoms with E-state index >= 15 is 0 Å². The normalized spacial score (nSPS) is 17.0. The van der Waals surface area contributed by atoms with Crippen molar-refractivity contribution in [3.63, 3.8) is 0 Å². The third-order valence-electron chi connectivity index (χ3n) is 6.88. The van der Waals surface area contributed by atoms with Crippen LogP contribution in [0.2, 0.25) is 0 Å². The average molecular weight is 496 g/mol. The molecule has 1 N–H and O–H groups in total. The van der Waals surface area contributed by atoms with Gasteiger partial charge in [0.15, 0.2) is 0 Å². The molecule has 2 aliphatic heterocycles. The molecule has 0 bridgehead atoms. The van der Waals surface area contributed by atoms with Crippen molar-refractivity contribution in [2.24, 2.45) is 4.99 Å². The second-order valence-electron chi connectivity index (χ2n) is 9.96. The number of rotatable bonds is 5. The van der Waals surface area contributed by atoms with Crippen LogP contribution in [0.1, 0.15) is 31.3 Å². The summed E-state index contributed by atoms with van der Waals surface area (Å²) in [7, 11) is 3.92.